The van der Waals surface area contributed by atoms with Crippen LogP contribution in [0.25, 0.3) is 0 Å². The predicted octanol–water partition coefficient (Wildman–Crippen LogP) is 2.34. The molecule has 0 aromatic heterocycles. The normalized spacial score (nSPS) is 27.4. The monoisotopic (exact) mass is 280 g/mol. The fourth-order valence-electron chi connectivity index (χ4n) is 2.70. The number of rotatable bonds is 4. The van der Waals surface area contributed by atoms with Gasteiger partial charge in [0, 0.05) is 5.92 Å². The number of hydrogen-bond donors (Lipinski definition) is 1. The van der Waals surface area contributed by atoms with Gasteiger partial charge in [0.1, 0.15) is 0 Å². The third-order valence-electron chi connectivity index (χ3n) is 3.93. The quantitative estimate of drug-likeness (QED) is 0.861. The summed E-state index contributed by atoms with van der Waals surface area (Å²) in [4.78, 5) is 0.333. The van der Waals surface area contributed by atoms with E-state index in [1.165, 1.54) is 0 Å². The molecule has 104 valence electrons. The van der Waals surface area contributed by atoms with E-state index in [9.17, 15) is 13.5 Å². The molecule has 0 saturated heterocycles. The van der Waals surface area contributed by atoms with E-state index >= 15 is 0 Å². The van der Waals surface area contributed by atoms with E-state index in [2.05, 4.69) is 6.58 Å². The lowest BCUT2D eigenvalue weighted by atomic mass is 9.97. The number of aliphatic hydroxyl groups excluding tert-OH is 1. The van der Waals surface area contributed by atoms with Gasteiger partial charge in [-0.15, -0.1) is 6.58 Å². The first-order valence-electron chi connectivity index (χ1n) is 6.54. The van der Waals surface area contributed by atoms with Crippen LogP contribution in [0.1, 0.15) is 18.4 Å². The summed E-state index contributed by atoms with van der Waals surface area (Å²) in [5.74, 6) is -0.146. The van der Waals surface area contributed by atoms with Gasteiger partial charge in [-0.2, -0.15) is 0 Å². The summed E-state index contributed by atoms with van der Waals surface area (Å²) < 4.78 is 24.7. The van der Waals surface area contributed by atoms with Crippen LogP contribution >= 0.6 is 0 Å². The van der Waals surface area contributed by atoms with E-state index in [1.807, 2.05) is 6.92 Å². The van der Waals surface area contributed by atoms with Crippen molar-refractivity contribution in [2.24, 2.45) is 11.8 Å². The first kappa shape index (κ1) is 14.3. The molecule has 1 aromatic carbocycles. The lowest BCUT2D eigenvalue weighted by molar-refractivity contribution is 0.135. The molecule has 0 spiro atoms. The van der Waals surface area contributed by atoms with E-state index in [4.69, 9.17) is 0 Å². The van der Waals surface area contributed by atoms with E-state index in [0.29, 0.717) is 11.3 Å². The van der Waals surface area contributed by atoms with Crippen LogP contribution in [0.5, 0.6) is 0 Å². The van der Waals surface area contributed by atoms with Gasteiger partial charge in [0.15, 0.2) is 9.84 Å². The maximum atomic E-state index is 12.4. The minimum Gasteiger partial charge on any atom is -0.393 e. The Morgan fingerprint density at radius 2 is 1.95 bits per heavy atom. The SMILES string of the molecule is C=C[C@@H]1CC[C@H](O)[C@@H]1CS(=O)(=O)c1ccc(C)cc1. The summed E-state index contributed by atoms with van der Waals surface area (Å²) in [6, 6.07) is 6.86. The Bertz CT molecular complexity index is 545. The fourth-order valence-corrected chi connectivity index (χ4v) is 4.42. The average Bonchev–Trinajstić information content (AvgIpc) is 2.70. The van der Waals surface area contributed by atoms with Crippen molar-refractivity contribution in [3.63, 3.8) is 0 Å². The second kappa shape index (κ2) is 5.47. The number of hydrogen-bond acceptors (Lipinski definition) is 3. The van der Waals surface area contributed by atoms with Gasteiger partial charge in [0.05, 0.1) is 16.8 Å². The number of aliphatic hydroxyl groups is 1. The van der Waals surface area contributed by atoms with Crippen molar-refractivity contribution < 1.29 is 13.5 Å². The minimum absolute atomic E-state index is 0.00604. The highest BCUT2D eigenvalue weighted by atomic mass is 32.2. The van der Waals surface area contributed by atoms with Gasteiger partial charge in [0.25, 0.3) is 0 Å². The van der Waals surface area contributed by atoms with Crippen molar-refractivity contribution >= 4 is 9.84 Å². The van der Waals surface area contributed by atoms with Crippen molar-refractivity contribution in [1.82, 2.24) is 0 Å². The molecule has 19 heavy (non-hydrogen) atoms. The molecular weight excluding hydrogens is 260 g/mol. The van der Waals surface area contributed by atoms with Gasteiger partial charge in [-0.25, -0.2) is 8.42 Å². The number of aryl methyl sites for hydroxylation is 1. The Hall–Kier alpha value is -1.13. The van der Waals surface area contributed by atoms with Crippen LogP contribution in [0.2, 0.25) is 0 Å². The number of allylic oxidation sites excluding steroid dienone is 1. The number of benzene rings is 1. The molecule has 1 aromatic rings. The van der Waals surface area contributed by atoms with Crippen LogP contribution in [-0.2, 0) is 9.84 Å². The standard InChI is InChI=1S/C15H20O3S/c1-3-12-6-9-15(16)14(12)10-19(17,18)13-7-4-11(2)5-8-13/h3-5,7-8,12,14-16H,1,6,9-10H2,2H3/t12-,14-,15+/m1/s1. The average molecular weight is 280 g/mol. The summed E-state index contributed by atoms with van der Waals surface area (Å²) in [6.45, 7) is 5.66. The van der Waals surface area contributed by atoms with Gasteiger partial charge in [-0.05, 0) is 37.8 Å². The topological polar surface area (TPSA) is 54.4 Å². The van der Waals surface area contributed by atoms with Crippen LogP contribution in [0.4, 0.5) is 0 Å². The van der Waals surface area contributed by atoms with E-state index < -0.39 is 15.9 Å². The highest BCUT2D eigenvalue weighted by Gasteiger charge is 2.36. The molecule has 3 nitrogen and oxygen atoms in total. The molecule has 0 bridgehead atoms. The molecule has 0 amide bonds. The van der Waals surface area contributed by atoms with Crippen LogP contribution < -0.4 is 0 Å². The van der Waals surface area contributed by atoms with Crippen molar-refractivity contribution in [2.75, 3.05) is 5.75 Å². The van der Waals surface area contributed by atoms with Gasteiger partial charge >= 0.3 is 0 Å². The smallest absolute Gasteiger partial charge is 0.178 e. The van der Waals surface area contributed by atoms with Gasteiger partial charge in [-0.3, -0.25) is 0 Å². The highest BCUT2D eigenvalue weighted by Crippen LogP contribution is 2.35. The van der Waals surface area contributed by atoms with Crippen molar-refractivity contribution in [3.05, 3.63) is 42.5 Å². The first-order chi connectivity index (χ1) is 8.94. The summed E-state index contributed by atoms with van der Waals surface area (Å²) in [7, 11) is -3.34. The molecule has 0 aliphatic heterocycles. The zero-order chi connectivity index (χ0) is 14.0. The van der Waals surface area contributed by atoms with Crippen LogP contribution in [0, 0.1) is 18.8 Å². The third kappa shape index (κ3) is 3.07. The maximum Gasteiger partial charge on any atom is 0.178 e. The van der Waals surface area contributed by atoms with Crippen molar-refractivity contribution in [1.29, 1.82) is 0 Å². The first-order valence-corrected chi connectivity index (χ1v) is 8.19. The van der Waals surface area contributed by atoms with E-state index in [-0.39, 0.29) is 17.6 Å². The van der Waals surface area contributed by atoms with E-state index in [1.54, 1.807) is 30.3 Å². The molecule has 0 heterocycles. The van der Waals surface area contributed by atoms with Crippen LogP contribution in [0.3, 0.4) is 0 Å². The largest absolute Gasteiger partial charge is 0.393 e. The Labute approximate surface area is 114 Å². The van der Waals surface area contributed by atoms with E-state index in [0.717, 1.165) is 12.0 Å². The molecule has 2 rings (SSSR count). The van der Waals surface area contributed by atoms with Crippen LogP contribution in [0.15, 0.2) is 41.8 Å². The maximum absolute atomic E-state index is 12.4. The molecule has 1 aliphatic carbocycles. The highest BCUT2D eigenvalue weighted by molar-refractivity contribution is 7.91. The molecule has 1 fully saturated rings. The Balaban J connectivity index is 2.21. The molecule has 1 saturated carbocycles. The second-order valence-corrected chi connectivity index (χ2v) is 7.34. The Morgan fingerprint density at radius 1 is 1.32 bits per heavy atom. The Morgan fingerprint density at radius 3 is 2.53 bits per heavy atom. The Kier molecular flexibility index (Phi) is 4.11. The summed E-state index contributed by atoms with van der Waals surface area (Å²) in [5, 5.41) is 9.93. The molecule has 1 aliphatic rings. The van der Waals surface area contributed by atoms with Crippen LogP contribution in [-0.4, -0.2) is 25.4 Å². The summed E-state index contributed by atoms with van der Waals surface area (Å²) in [6.07, 6.45) is 2.71. The zero-order valence-electron chi connectivity index (χ0n) is 11.1. The predicted molar refractivity (Wildman–Crippen MR) is 75.6 cm³/mol. The number of sulfone groups is 1. The fraction of sp³-hybridized carbons (Fsp3) is 0.467. The molecule has 0 radical (unpaired) electrons. The minimum atomic E-state index is -3.34. The summed E-state index contributed by atoms with van der Waals surface area (Å²) in [5.41, 5.74) is 1.03. The lowest BCUT2D eigenvalue weighted by Crippen LogP contribution is -2.27. The third-order valence-corrected chi connectivity index (χ3v) is 5.75. The molecule has 0 unspecified atom stereocenters. The lowest BCUT2D eigenvalue weighted by Gasteiger charge is -2.19. The second-order valence-electron chi connectivity index (χ2n) is 5.30. The molecule has 1 N–H and O–H groups in total. The molecular formula is C15H20O3S. The van der Waals surface area contributed by atoms with Crippen molar-refractivity contribution in [3.8, 4) is 0 Å². The van der Waals surface area contributed by atoms with Gasteiger partial charge < -0.3 is 5.11 Å². The molecule has 3 atom stereocenters. The summed E-state index contributed by atoms with van der Waals surface area (Å²) >= 11 is 0. The van der Waals surface area contributed by atoms with Gasteiger partial charge in [-0.1, -0.05) is 23.8 Å². The molecule has 4 heteroatoms. The van der Waals surface area contributed by atoms with Gasteiger partial charge in [0.2, 0.25) is 0 Å². The van der Waals surface area contributed by atoms with Crippen molar-refractivity contribution in [2.45, 2.75) is 30.8 Å². The zero-order valence-corrected chi connectivity index (χ0v) is 11.9.